The first-order valence-electron chi connectivity index (χ1n) is 3.10. The molecule has 68 valence electrons. The van der Waals surface area contributed by atoms with E-state index in [1.165, 1.54) is 6.07 Å². The monoisotopic (exact) mass is 206 g/mol. The summed E-state index contributed by atoms with van der Waals surface area (Å²) in [6.07, 6.45) is -2.94. The number of alkyl halides is 2. The third kappa shape index (κ3) is 1.90. The number of halogens is 4. The molecule has 0 atom stereocenters. The molecule has 0 aliphatic rings. The fourth-order valence-corrected chi connectivity index (χ4v) is 0.881. The van der Waals surface area contributed by atoms with E-state index in [1.807, 2.05) is 0 Å². The van der Waals surface area contributed by atoms with Crippen molar-refractivity contribution in [3.8, 4) is 6.07 Å². The van der Waals surface area contributed by atoms with Gasteiger partial charge >= 0.3 is 0 Å². The smallest absolute Gasteiger partial charge is 0.231 e. The summed E-state index contributed by atoms with van der Waals surface area (Å²) in [4.78, 5) is 3.06. The van der Waals surface area contributed by atoms with Gasteiger partial charge in [0.2, 0.25) is 0 Å². The van der Waals surface area contributed by atoms with Crippen molar-refractivity contribution < 1.29 is 13.2 Å². The van der Waals surface area contributed by atoms with Gasteiger partial charge in [0, 0.05) is 0 Å². The van der Waals surface area contributed by atoms with Crippen LogP contribution in [0.25, 0.3) is 0 Å². The molecule has 0 aromatic carbocycles. The predicted molar refractivity (Wildman–Crippen MR) is 38.9 cm³/mol. The van der Waals surface area contributed by atoms with Gasteiger partial charge in [-0.3, -0.25) is 0 Å². The minimum atomic E-state index is -2.94. The average molecular weight is 207 g/mol. The van der Waals surface area contributed by atoms with Gasteiger partial charge in [-0.1, -0.05) is 11.6 Å². The Balaban J connectivity index is 3.35. The van der Waals surface area contributed by atoms with Gasteiger partial charge in [0.15, 0.2) is 11.0 Å². The number of nitriles is 1. The molecule has 0 bridgehead atoms. The van der Waals surface area contributed by atoms with Crippen LogP contribution in [0.1, 0.15) is 17.7 Å². The third-order valence-electron chi connectivity index (χ3n) is 1.29. The predicted octanol–water partition coefficient (Wildman–Crippen LogP) is 2.68. The molecular weight excluding hydrogens is 205 g/mol. The molecule has 0 saturated heterocycles. The Labute approximate surface area is 76.6 Å². The maximum Gasteiger partial charge on any atom is 0.281 e. The maximum atomic E-state index is 12.6. The van der Waals surface area contributed by atoms with E-state index < -0.39 is 28.7 Å². The number of rotatable bonds is 1. The molecule has 0 fully saturated rings. The van der Waals surface area contributed by atoms with E-state index in [0.717, 1.165) is 0 Å². The first kappa shape index (κ1) is 9.81. The lowest BCUT2D eigenvalue weighted by molar-refractivity contribution is 0.145. The minimum absolute atomic E-state index is 0.503. The van der Waals surface area contributed by atoms with E-state index in [1.54, 1.807) is 0 Å². The van der Waals surface area contributed by atoms with E-state index in [-0.39, 0.29) is 0 Å². The van der Waals surface area contributed by atoms with Crippen LogP contribution < -0.4 is 0 Å². The molecule has 0 spiro atoms. The van der Waals surface area contributed by atoms with Crippen LogP contribution >= 0.6 is 11.6 Å². The van der Waals surface area contributed by atoms with Crippen molar-refractivity contribution in [1.82, 2.24) is 4.98 Å². The third-order valence-corrected chi connectivity index (χ3v) is 1.55. The van der Waals surface area contributed by atoms with Crippen molar-refractivity contribution in [1.29, 1.82) is 5.26 Å². The van der Waals surface area contributed by atoms with Gasteiger partial charge in [-0.2, -0.15) is 5.26 Å². The van der Waals surface area contributed by atoms with Crippen LogP contribution in [0, 0.1) is 17.1 Å². The molecule has 0 N–H and O–H groups in total. The lowest BCUT2D eigenvalue weighted by Crippen LogP contribution is -1.97. The summed E-state index contributed by atoms with van der Waals surface area (Å²) < 4.78 is 36.9. The van der Waals surface area contributed by atoms with Crippen LogP contribution in [0.15, 0.2) is 6.07 Å². The van der Waals surface area contributed by atoms with Gasteiger partial charge in [-0.25, -0.2) is 18.2 Å². The van der Waals surface area contributed by atoms with Crippen molar-refractivity contribution in [2.75, 3.05) is 0 Å². The second-order valence-electron chi connectivity index (χ2n) is 2.11. The van der Waals surface area contributed by atoms with Crippen LogP contribution in [0.5, 0.6) is 0 Å². The Morgan fingerprint density at radius 3 is 2.62 bits per heavy atom. The van der Waals surface area contributed by atoms with Crippen molar-refractivity contribution in [2.24, 2.45) is 0 Å². The molecule has 0 aliphatic heterocycles. The number of pyridine rings is 1. The summed E-state index contributed by atoms with van der Waals surface area (Å²) >= 11 is 5.16. The van der Waals surface area contributed by atoms with Gasteiger partial charge in [0.1, 0.15) is 11.8 Å². The molecule has 1 aromatic heterocycles. The van der Waals surface area contributed by atoms with Gasteiger partial charge in [0.05, 0.1) is 5.56 Å². The Morgan fingerprint density at radius 1 is 1.54 bits per heavy atom. The molecule has 2 nitrogen and oxygen atoms in total. The highest BCUT2D eigenvalue weighted by molar-refractivity contribution is 6.29. The highest BCUT2D eigenvalue weighted by atomic mass is 35.5. The lowest BCUT2D eigenvalue weighted by Gasteiger charge is -2.02. The summed E-state index contributed by atoms with van der Waals surface area (Å²) in [5, 5.41) is 7.69. The number of hydrogen-bond donors (Lipinski definition) is 0. The Bertz CT molecular complexity index is 373. The summed E-state index contributed by atoms with van der Waals surface area (Å²) in [6.45, 7) is 0. The summed E-state index contributed by atoms with van der Waals surface area (Å²) in [6, 6.07) is 2.04. The molecule has 0 unspecified atom stereocenters. The topological polar surface area (TPSA) is 36.7 Å². The van der Waals surface area contributed by atoms with E-state index in [9.17, 15) is 13.2 Å². The van der Waals surface area contributed by atoms with Crippen molar-refractivity contribution in [3.63, 3.8) is 0 Å². The quantitative estimate of drug-likeness (QED) is 0.663. The number of aromatic nitrogens is 1. The highest BCUT2D eigenvalue weighted by Crippen LogP contribution is 2.24. The molecule has 0 radical (unpaired) electrons. The normalized spacial score (nSPS) is 10.2. The Hall–Kier alpha value is -1.28. The van der Waals surface area contributed by atoms with Gasteiger partial charge in [-0.15, -0.1) is 0 Å². The average Bonchev–Trinajstić information content (AvgIpc) is 2.08. The largest absolute Gasteiger partial charge is 0.281 e. The molecule has 0 saturated carbocycles. The second kappa shape index (κ2) is 3.62. The van der Waals surface area contributed by atoms with E-state index in [4.69, 9.17) is 16.9 Å². The van der Waals surface area contributed by atoms with E-state index in [0.29, 0.717) is 6.07 Å². The van der Waals surface area contributed by atoms with Gasteiger partial charge in [-0.05, 0) is 6.07 Å². The zero-order chi connectivity index (χ0) is 10.0. The Morgan fingerprint density at radius 2 is 2.15 bits per heavy atom. The van der Waals surface area contributed by atoms with Crippen LogP contribution in [0.4, 0.5) is 13.2 Å². The molecule has 0 aliphatic carbocycles. The summed E-state index contributed by atoms with van der Waals surface area (Å²) in [7, 11) is 0. The molecular formula is C7H2ClF3N2. The standard InChI is InChI=1S/C7H2ClF3N2/c8-6-4(9)1-3(2-12)5(13-6)7(10)11/h1,7H. The van der Waals surface area contributed by atoms with Crippen LogP contribution in [0.3, 0.4) is 0 Å². The molecule has 6 heteroatoms. The number of hydrogen-bond acceptors (Lipinski definition) is 2. The van der Waals surface area contributed by atoms with Crippen LogP contribution in [-0.4, -0.2) is 4.98 Å². The summed E-state index contributed by atoms with van der Waals surface area (Å²) in [5.41, 5.74) is -1.30. The van der Waals surface area contributed by atoms with Crippen molar-refractivity contribution in [3.05, 3.63) is 28.3 Å². The maximum absolute atomic E-state index is 12.6. The zero-order valence-electron chi connectivity index (χ0n) is 6.06. The van der Waals surface area contributed by atoms with Gasteiger partial charge in [0.25, 0.3) is 6.43 Å². The van der Waals surface area contributed by atoms with Crippen molar-refractivity contribution in [2.45, 2.75) is 6.43 Å². The fourth-order valence-electron chi connectivity index (χ4n) is 0.735. The first-order chi connectivity index (χ1) is 6.06. The molecule has 0 amide bonds. The summed E-state index contributed by atoms with van der Waals surface area (Å²) in [5.74, 6) is -0.984. The van der Waals surface area contributed by atoms with Crippen LogP contribution in [-0.2, 0) is 0 Å². The molecule has 1 aromatic rings. The minimum Gasteiger partial charge on any atom is -0.231 e. The van der Waals surface area contributed by atoms with Crippen LogP contribution in [0.2, 0.25) is 5.15 Å². The van der Waals surface area contributed by atoms with E-state index in [2.05, 4.69) is 4.98 Å². The van der Waals surface area contributed by atoms with Gasteiger partial charge < -0.3 is 0 Å². The first-order valence-corrected chi connectivity index (χ1v) is 3.48. The SMILES string of the molecule is N#Cc1cc(F)c(Cl)nc1C(F)F. The van der Waals surface area contributed by atoms with E-state index >= 15 is 0 Å². The second-order valence-corrected chi connectivity index (χ2v) is 2.46. The number of nitrogens with zero attached hydrogens (tertiary/aromatic N) is 2. The van der Waals surface area contributed by atoms with Crippen molar-refractivity contribution >= 4 is 11.6 Å². The molecule has 1 rings (SSSR count). The lowest BCUT2D eigenvalue weighted by atomic mass is 10.2. The molecule has 1 heterocycles. The highest BCUT2D eigenvalue weighted by Gasteiger charge is 2.17. The zero-order valence-corrected chi connectivity index (χ0v) is 6.82. The fraction of sp³-hybridized carbons (Fsp3) is 0.143. The Kier molecular flexibility index (Phi) is 2.73. The molecule has 13 heavy (non-hydrogen) atoms.